The Balaban J connectivity index is 1.79. The molecule has 6 heteroatoms. The summed E-state index contributed by atoms with van der Waals surface area (Å²) < 4.78 is 0. The molecule has 2 aromatic rings. The van der Waals surface area contributed by atoms with Gasteiger partial charge >= 0.3 is 0 Å². The number of likely N-dealkylation sites (tertiary alicyclic amines) is 1. The van der Waals surface area contributed by atoms with E-state index in [0.717, 1.165) is 36.3 Å². The van der Waals surface area contributed by atoms with Gasteiger partial charge in [-0.1, -0.05) is 0 Å². The number of imidazole rings is 1. The zero-order valence-corrected chi connectivity index (χ0v) is 13.5. The SMILES string of the molecule is CSC[C@@H]1CCCN(C(=O)c2ccc3nc(CO)[nH]c3c2)C1. The van der Waals surface area contributed by atoms with Gasteiger partial charge in [-0.2, -0.15) is 11.8 Å². The molecular formula is C16H21N3O2S. The van der Waals surface area contributed by atoms with Crippen molar-refractivity contribution in [2.75, 3.05) is 25.1 Å². The van der Waals surface area contributed by atoms with Crippen LogP contribution >= 0.6 is 11.8 Å². The Labute approximate surface area is 134 Å². The molecule has 0 unspecified atom stereocenters. The summed E-state index contributed by atoms with van der Waals surface area (Å²) >= 11 is 1.85. The van der Waals surface area contributed by atoms with Crippen molar-refractivity contribution in [1.29, 1.82) is 0 Å². The number of fused-ring (bicyclic) bond motifs is 1. The highest BCUT2D eigenvalue weighted by Crippen LogP contribution is 2.22. The normalized spacial score (nSPS) is 18.8. The molecule has 22 heavy (non-hydrogen) atoms. The minimum absolute atomic E-state index is 0.0906. The van der Waals surface area contributed by atoms with Gasteiger partial charge in [-0.05, 0) is 49.0 Å². The molecule has 0 bridgehead atoms. The second kappa shape index (κ2) is 6.71. The van der Waals surface area contributed by atoms with Gasteiger partial charge in [0.15, 0.2) is 0 Å². The van der Waals surface area contributed by atoms with Gasteiger partial charge in [0.05, 0.1) is 11.0 Å². The summed E-state index contributed by atoms with van der Waals surface area (Å²) in [6, 6.07) is 5.49. The maximum atomic E-state index is 12.7. The number of aliphatic hydroxyl groups excluding tert-OH is 1. The summed E-state index contributed by atoms with van der Waals surface area (Å²) in [5.41, 5.74) is 2.26. The number of aromatic amines is 1. The van der Waals surface area contributed by atoms with Crippen molar-refractivity contribution in [3.8, 4) is 0 Å². The van der Waals surface area contributed by atoms with Crippen LogP contribution in [0.25, 0.3) is 11.0 Å². The van der Waals surface area contributed by atoms with E-state index in [0.29, 0.717) is 17.3 Å². The first-order valence-electron chi connectivity index (χ1n) is 7.59. The molecule has 1 aliphatic rings. The van der Waals surface area contributed by atoms with E-state index in [4.69, 9.17) is 5.11 Å². The number of amides is 1. The van der Waals surface area contributed by atoms with Crippen LogP contribution in [0.2, 0.25) is 0 Å². The van der Waals surface area contributed by atoms with Crippen LogP contribution < -0.4 is 0 Å². The zero-order valence-electron chi connectivity index (χ0n) is 12.7. The zero-order chi connectivity index (χ0) is 15.5. The molecule has 0 aliphatic carbocycles. The third-order valence-electron chi connectivity index (χ3n) is 4.14. The molecule has 1 saturated heterocycles. The Morgan fingerprint density at radius 3 is 3.18 bits per heavy atom. The van der Waals surface area contributed by atoms with E-state index in [1.807, 2.05) is 34.9 Å². The lowest BCUT2D eigenvalue weighted by Gasteiger charge is -2.32. The Morgan fingerprint density at radius 1 is 1.55 bits per heavy atom. The van der Waals surface area contributed by atoms with Gasteiger partial charge in [0.1, 0.15) is 12.4 Å². The number of aromatic nitrogens is 2. The molecule has 118 valence electrons. The maximum absolute atomic E-state index is 12.7. The van der Waals surface area contributed by atoms with Crippen LogP contribution in [0.5, 0.6) is 0 Å². The van der Waals surface area contributed by atoms with Gasteiger partial charge in [-0.25, -0.2) is 4.98 Å². The Hall–Kier alpha value is -1.53. The van der Waals surface area contributed by atoms with Crippen LogP contribution in [0.15, 0.2) is 18.2 Å². The Kier molecular flexibility index (Phi) is 4.69. The molecule has 2 N–H and O–H groups in total. The summed E-state index contributed by atoms with van der Waals surface area (Å²) in [6.07, 6.45) is 4.41. The molecule has 1 fully saturated rings. The van der Waals surface area contributed by atoms with Crippen molar-refractivity contribution < 1.29 is 9.90 Å². The first-order chi connectivity index (χ1) is 10.7. The Bertz CT molecular complexity index is 668. The van der Waals surface area contributed by atoms with E-state index >= 15 is 0 Å². The van der Waals surface area contributed by atoms with Crippen molar-refractivity contribution in [2.45, 2.75) is 19.4 Å². The predicted molar refractivity (Wildman–Crippen MR) is 89.0 cm³/mol. The van der Waals surface area contributed by atoms with Crippen LogP contribution in [0.3, 0.4) is 0 Å². The molecule has 1 aromatic carbocycles. The van der Waals surface area contributed by atoms with E-state index in [-0.39, 0.29) is 12.5 Å². The number of nitrogens with one attached hydrogen (secondary N) is 1. The number of hydrogen-bond donors (Lipinski definition) is 2. The summed E-state index contributed by atoms with van der Waals surface area (Å²) in [7, 11) is 0. The first kappa shape index (κ1) is 15.4. The van der Waals surface area contributed by atoms with E-state index in [9.17, 15) is 4.79 Å². The monoisotopic (exact) mass is 319 g/mol. The average Bonchev–Trinajstić information content (AvgIpc) is 2.97. The lowest BCUT2D eigenvalue weighted by molar-refractivity contribution is 0.0685. The van der Waals surface area contributed by atoms with Crippen molar-refractivity contribution in [2.24, 2.45) is 5.92 Å². The molecule has 0 spiro atoms. The highest BCUT2D eigenvalue weighted by molar-refractivity contribution is 7.98. The van der Waals surface area contributed by atoms with E-state index in [1.165, 1.54) is 6.42 Å². The number of aliphatic hydroxyl groups is 1. The lowest BCUT2D eigenvalue weighted by Crippen LogP contribution is -2.40. The van der Waals surface area contributed by atoms with Gasteiger partial charge in [-0.3, -0.25) is 4.79 Å². The molecule has 2 heterocycles. The quantitative estimate of drug-likeness (QED) is 0.907. The predicted octanol–water partition coefficient (Wildman–Crippen LogP) is 2.27. The summed E-state index contributed by atoms with van der Waals surface area (Å²) in [4.78, 5) is 22.0. The van der Waals surface area contributed by atoms with Gasteiger partial charge < -0.3 is 15.0 Å². The molecule has 1 aromatic heterocycles. The lowest BCUT2D eigenvalue weighted by atomic mass is 9.99. The topological polar surface area (TPSA) is 69.2 Å². The molecule has 0 radical (unpaired) electrons. The number of piperidine rings is 1. The van der Waals surface area contributed by atoms with Gasteiger partial charge in [0.25, 0.3) is 5.91 Å². The minimum atomic E-state index is -0.125. The summed E-state index contributed by atoms with van der Waals surface area (Å²) in [5.74, 6) is 2.33. The summed E-state index contributed by atoms with van der Waals surface area (Å²) in [6.45, 7) is 1.57. The van der Waals surface area contributed by atoms with Crippen LogP contribution in [0.4, 0.5) is 0 Å². The average molecular weight is 319 g/mol. The molecular weight excluding hydrogens is 298 g/mol. The molecule has 1 amide bonds. The van der Waals surface area contributed by atoms with Gasteiger partial charge in [0.2, 0.25) is 0 Å². The smallest absolute Gasteiger partial charge is 0.253 e. The van der Waals surface area contributed by atoms with E-state index in [2.05, 4.69) is 16.2 Å². The molecule has 5 nitrogen and oxygen atoms in total. The number of carbonyl (C=O) groups is 1. The fourth-order valence-electron chi connectivity index (χ4n) is 3.07. The third kappa shape index (κ3) is 3.13. The van der Waals surface area contributed by atoms with Crippen LogP contribution in [-0.2, 0) is 6.61 Å². The first-order valence-corrected chi connectivity index (χ1v) is 8.98. The maximum Gasteiger partial charge on any atom is 0.253 e. The Morgan fingerprint density at radius 2 is 2.41 bits per heavy atom. The molecule has 1 aliphatic heterocycles. The molecule has 1 atom stereocenters. The minimum Gasteiger partial charge on any atom is -0.388 e. The van der Waals surface area contributed by atoms with Crippen molar-refractivity contribution >= 4 is 28.7 Å². The van der Waals surface area contributed by atoms with Crippen LogP contribution in [-0.4, -0.2) is 51.0 Å². The number of H-pyrrole nitrogens is 1. The second-order valence-electron chi connectivity index (χ2n) is 5.79. The van der Waals surface area contributed by atoms with Gasteiger partial charge in [0, 0.05) is 18.7 Å². The van der Waals surface area contributed by atoms with Crippen LogP contribution in [0, 0.1) is 5.92 Å². The van der Waals surface area contributed by atoms with E-state index in [1.54, 1.807) is 0 Å². The van der Waals surface area contributed by atoms with Crippen molar-refractivity contribution in [3.63, 3.8) is 0 Å². The standard InChI is InChI=1S/C16H21N3O2S/c1-22-10-11-3-2-6-19(8-11)16(21)12-4-5-13-14(7-12)18-15(9-20)17-13/h4-5,7,11,20H,2-3,6,8-10H2,1H3,(H,17,18)/t11-/m1/s1. The number of benzene rings is 1. The second-order valence-corrected chi connectivity index (χ2v) is 6.70. The van der Waals surface area contributed by atoms with Gasteiger partial charge in [-0.15, -0.1) is 0 Å². The van der Waals surface area contributed by atoms with E-state index < -0.39 is 0 Å². The fourth-order valence-corrected chi connectivity index (χ4v) is 3.82. The largest absolute Gasteiger partial charge is 0.388 e. The number of hydrogen-bond acceptors (Lipinski definition) is 4. The highest BCUT2D eigenvalue weighted by Gasteiger charge is 2.24. The number of thioether (sulfide) groups is 1. The number of nitrogens with zero attached hydrogens (tertiary/aromatic N) is 2. The fraction of sp³-hybridized carbons (Fsp3) is 0.500. The van der Waals surface area contributed by atoms with Crippen molar-refractivity contribution in [3.05, 3.63) is 29.6 Å². The summed E-state index contributed by atoms with van der Waals surface area (Å²) in [5, 5.41) is 9.13. The molecule has 3 rings (SSSR count). The number of carbonyl (C=O) groups excluding carboxylic acids is 1. The third-order valence-corrected chi connectivity index (χ3v) is 4.94. The molecule has 0 saturated carbocycles. The van der Waals surface area contributed by atoms with Crippen LogP contribution in [0.1, 0.15) is 29.0 Å². The van der Waals surface area contributed by atoms with Crippen molar-refractivity contribution in [1.82, 2.24) is 14.9 Å². The number of rotatable bonds is 4. The highest BCUT2D eigenvalue weighted by atomic mass is 32.2.